The van der Waals surface area contributed by atoms with Crippen molar-refractivity contribution in [1.82, 2.24) is 0 Å². The van der Waals surface area contributed by atoms with E-state index in [2.05, 4.69) is 22.6 Å². The molecule has 0 N–H and O–H groups in total. The standard InChI is InChI=1S/C14H16INO3/c15-11-1-2-12-13(7-11)19-9-14(17)16(12)8-10-3-5-18-6-4-10/h1-2,7,10H,3-6,8-9H2. The summed E-state index contributed by atoms with van der Waals surface area (Å²) in [7, 11) is 0. The Morgan fingerprint density at radius 3 is 2.89 bits per heavy atom. The van der Waals surface area contributed by atoms with Crippen molar-refractivity contribution >= 4 is 34.2 Å². The van der Waals surface area contributed by atoms with Crippen molar-refractivity contribution in [3.05, 3.63) is 21.8 Å². The topological polar surface area (TPSA) is 38.8 Å². The Balaban J connectivity index is 1.82. The highest BCUT2D eigenvalue weighted by Gasteiger charge is 2.28. The first-order valence-electron chi connectivity index (χ1n) is 6.54. The molecule has 0 aliphatic carbocycles. The Bertz CT molecular complexity index is 486. The van der Waals surface area contributed by atoms with Crippen molar-refractivity contribution in [3.8, 4) is 5.75 Å². The van der Waals surface area contributed by atoms with E-state index >= 15 is 0 Å². The first kappa shape index (κ1) is 13.2. The minimum Gasteiger partial charge on any atom is -0.482 e. The van der Waals surface area contributed by atoms with Gasteiger partial charge in [-0.2, -0.15) is 0 Å². The fourth-order valence-corrected chi connectivity index (χ4v) is 3.03. The van der Waals surface area contributed by atoms with Crippen LogP contribution in [0.3, 0.4) is 0 Å². The number of halogens is 1. The number of anilines is 1. The lowest BCUT2D eigenvalue weighted by Gasteiger charge is -2.33. The molecule has 5 heteroatoms. The lowest BCUT2D eigenvalue weighted by Crippen LogP contribution is -2.42. The molecule has 1 aromatic rings. The molecule has 2 aliphatic rings. The minimum atomic E-state index is 0.0557. The second-order valence-electron chi connectivity index (χ2n) is 4.96. The summed E-state index contributed by atoms with van der Waals surface area (Å²) in [6, 6.07) is 5.98. The number of hydrogen-bond donors (Lipinski definition) is 0. The predicted molar refractivity (Wildman–Crippen MR) is 80.6 cm³/mol. The van der Waals surface area contributed by atoms with E-state index in [4.69, 9.17) is 9.47 Å². The minimum absolute atomic E-state index is 0.0557. The maximum atomic E-state index is 12.1. The summed E-state index contributed by atoms with van der Waals surface area (Å²) in [6.45, 7) is 2.54. The van der Waals surface area contributed by atoms with E-state index in [0.29, 0.717) is 5.92 Å². The van der Waals surface area contributed by atoms with Crippen LogP contribution in [0.5, 0.6) is 5.75 Å². The molecular formula is C14H16INO3. The number of rotatable bonds is 2. The SMILES string of the molecule is O=C1COc2cc(I)ccc2N1CC1CCOCC1. The molecule has 0 spiro atoms. The van der Waals surface area contributed by atoms with Gasteiger partial charge in [0, 0.05) is 23.3 Å². The first-order chi connectivity index (χ1) is 9.24. The van der Waals surface area contributed by atoms with Gasteiger partial charge in [-0.25, -0.2) is 0 Å². The molecule has 0 saturated carbocycles. The third-order valence-corrected chi connectivity index (χ3v) is 4.32. The molecule has 4 nitrogen and oxygen atoms in total. The van der Waals surface area contributed by atoms with Gasteiger partial charge in [0.2, 0.25) is 0 Å². The van der Waals surface area contributed by atoms with Gasteiger partial charge < -0.3 is 14.4 Å². The molecule has 0 bridgehead atoms. The van der Waals surface area contributed by atoms with Gasteiger partial charge in [-0.05, 0) is 59.5 Å². The third kappa shape index (κ3) is 2.86. The average molecular weight is 373 g/mol. The highest BCUT2D eigenvalue weighted by atomic mass is 127. The lowest BCUT2D eigenvalue weighted by molar-refractivity contribution is -0.121. The number of carbonyl (C=O) groups is 1. The summed E-state index contributed by atoms with van der Waals surface area (Å²) in [4.78, 5) is 14.0. The quantitative estimate of drug-likeness (QED) is 0.748. The summed E-state index contributed by atoms with van der Waals surface area (Å²) < 4.78 is 12.0. The fourth-order valence-electron chi connectivity index (χ4n) is 2.57. The van der Waals surface area contributed by atoms with E-state index in [1.54, 1.807) is 0 Å². The Morgan fingerprint density at radius 2 is 2.11 bits per heavy atom. The van der Waals surface area contributed by atoms with E-state index < -0.39 is 0 Å². The van der Waals surface area contributed by atoms with Crippen molar-refractivity contribution in [2.75, 3.05) is 31.3 Å². The molecule has 1 saturated heterocycles. The van der Waals surface area contributed by atoms with Gasteiger partial charge in [-0.3, -0.25) is 4.79 Å². The zero-order valence-electron chi connectivity index (χ0n) is 10.6. The van der Waals surface area contributed by atoms with Crippen molar-refractivity contribution in [1.29, 1.82) is 0 Å². The van der Waals surface area contributed by atoms with Crippen molar-refractivity contribution in [3.63, 3.8) is 0 Å². The molecule has 0 radical (unpaired) electrons. The maximum absolute atomic E-state index is 12.1. The smallest absolute Gasteiger partial charge is 0.265 e. The van der Waals surface area contributed by atoms with Gasteiger partial charge in [0.05, 0.1) is 5.69 Å². The zero-order valence-corrected chi connectivity index (χ0v) is 12.8. The van der Waals surface area contributed by atoms with Crippen LogP contribution in [0.25, 0.3) is 0 Å². The molecular weight excluding hydrogens is 357 g/mol. The normalized spacial score (nSPS) is 20.1. The van der Waals surface area contributed by atoms with Crippen LogP contribution < -0.4 is 9.64 Å². The average Bonchev–Trinajstić information content (AvgIpc) is 2.43. The maximum Gasteiger partial charge on any atom is 0.265 e. The summed E-state index contributed by atoms with van der Waals surface area (Å²) in [5.74, 6) is 1.40. The van der Waals surface area contributed by atoms with Crippen molar-refractivity contribution in [2.45, 2.75) is 12.8 Å². The van der Waals surface area contributed by atoms with E-state index in [9.17, 15) is 4.79 Å². The summed E-state index contributed by atoms with van der Waals surface area (Å²) in [5.41, 5.74) is 0.906. The number of hydrogen-bond acceptors (Lipinski definition) is 3. The third-order valence-electron chi connectivity index (χ3n) is 3.65. The van der Waals surface area contributed by atoms with Crippen LogP contribution in [0.1, 0.15) is 12.8 Å². The van der Waals surface area contributed by atoms with Crippen LogP contribution >= 0.6 is 22.6 Å². The van der Waals surface area contributed by atoms with Gasteiger partial charge in [0.25, 0.3) is 5.91 Å². The summed E-state index contributed by atoms with van der Waals surface area (Å²) in [6.07, 6.45) is 2.06. The van der Waals surface area contributed by atoms with E-state index in [-0.39, 0.29) is 12.5 Å². The number of benzene rings is 1. The molecule has 3 rings (SSSR count). The summed E-state index contributed by atoms with van der Waals surface area (Å²) >= 11 is 2.25. The second kappa shape index (κ2) is 5.66. The van der Waals surface area contributed by atoms with Crippen LogP contribution in [0.2, 0.25) is 0 Å². The monoisotopic (exact) mass is 373 g/mol. The molecule has 1 aromatic carbocycles. The Hall–Kier alpha value is -0.820. The number of ether oxygens (including phenoxy) is 2. The van der Waals surface area contributed by atoms with Gasteiger partial charge in [0.15, 0.2) is 6.61 Å². The largest absolute Gasteiger partial charge is 0.482 e. The molecule has 102 valence electrons. The van der Waals surface area contributed by atoms with Crippen molar-refractivity contribution < 1.29 is 14.3 Å². The molecule has 0 unspecified atom stereocenters. The second-order valence-corrected chi connectivity index (χ2v) is 6.21. The first-order valence-corrected chi connectivity index (χ1v) is 7.62. The molecule has 19 heavy (non-hydrogen) atoms. The fraction of sp³-hybridized carbons (Fsp3) is 0.500. The lowest BCUT2D eigenvalue weighted by atomic mass is 9.99. The molecule has 0 aromatic heterocycles. The van der Waals surface area contributed by atoms with Gasteiger partial charge >= 0.3 is 0 Å². The van der Waals surface area contributed by atoms with Crippen LogP contribution in [-0.4, -0.2) is 32.3 Å². The van der Waals surface area contributed by atoms with Gasteiger partial charge in [0.1, 0.15) is 5.75 Å². The Labute approximate surface area is 126 Å². The Kier molecular flexibility index (Phi) is 3.93. The van der Waals surface area contributed by atoms with Crippen molar-refractivity contribution in [2.24, 2.45) is 5.92 Å². The molecule has 1 amide bonds. The summed E-state index contributed by atoms with van der Waals surface area (Å²) in [5, 5.41) is 0. The number of fused-ring (bicyclic) bond motifs is 1. The van der Waals surface area contributed by atoms with Gasteiger partial charge in [-0.15, -0.1) is 0 Å². The van der Waals surface area contributed by atoms with E-state index in [0.717, 1.165) is 47.6 Å². The van der Waals surface area contributed by atoms with Crippen LogP contribution in [0.15, 0.2) is 18.2 Å². The number of amides is 1. The molecule has 1 fully saturated rings. The van der Waals surface area contributed by atoms with Crippen LogP contribution in [0, 0.1) is 9.49 Å². The molecule has 0 atom stereocenters. The molecule has 2 aliphatic heterocycles. The van der Waals surface area contributed by atoms with Gasteiger partial charge in [-0.1, -0.05) is 0 Å². The van der Waals surface area contributed by atoms with Crippen LogP contribution in [0.4, 0.5) is 5.69 Å². The Morgan fingerprint density at radius 1 is 1.32 bits per heavy atom. The predicted octanol–water partition coefficient (Wildman–Crippen LogP) is 2.44. The molecule has 2 heterocycles. The van der Waals surface area contributed by atoms with E-state index in [1.807, 2.05) is 23.1 Å². The zero-order chi connectivity index (χ0) is 13.2. The number of nitrogens with zero attached hydrogens (tertiary/aromatic N) is 1. The van der Waals surface area contributed by atoms with E-state index in [1.165, 1.54) is 0 Å². The highest BCUT2D eigenvalue weighted by molar-refractivity contribution is 14.1. The highest BCUT2D eigenvalue weighted by Crippen LogP contribution is 2.34. The number of carbonyl (C=O) groups excluding carboxylic acids is 1. The van der Waals surface area contributed by atoms with Crippen LogP contribution in [-0.2, 0) is 9.53 Å².